The molecule has 0 bridgehead atoms. The lowest BCUT2D eigenvalue weighted by molar-refractivity contribution is 0.878. The number of hydrogen-bond acceptors (Lipinski definition) is 3. The Labute approximate surface area is 130 Å². The predicted octanol–water partition coefficient (Wildman–Crippen LogP) is 4.94. The maximum atomic E-state index is 6.32. The van der Waals surface area contributed by atoms with Crippen LogP contribution in [0.2, 0.25) is 0 Å². The van der Waals surface area contributed by atoms with Crippen LogP contribution in [-0.2, 0) is 0 Å². The second kappa shape index (κ2) is 4.83. The van der Waals surface area contributed by atoms with Gasteiger partial charge in [0.1, 0.15) is 11.3 Å². The van der Waals surface area contributed by atoms with E-state index in [1.54, 1.807) is 17.5 Å². The fourth-order valence-corrected chi connectivity index (χ4v) is 3.46. The van der Waals surface area contributed by atoms with Crippen LogP contribution in [0.4, 0.5) is 0 Å². The summed E-state index contributed by atoms with van der Waals surface area (Å²) in [5, 5.41) is 3.14. The molecule has 5 heteroatoms. The zero-order chi connectivity index (χ0) is 14.4. The number of hydrogen-bond donors (Lipinski definition) is 0. The van der Waals surface area contributed by atoms with Crippen LogP contribution < -0.4 is 0 Å². The van der Waals surface area contributed by atoms with Gasteiger partial charge in [-0.15, -0.1) is 22.9 Å². The smallest absolute Gasteiger partial charge is 0.164 e. The molecule has 1 atom stereocenters. The first kappa shape index (κ1) is 12.8. The Bertz CT molecular complexity index is 939. The zero-order valence-corrected chi connectivity index (χ0v) is 12.9. The van der Waals surface area contributed by atoms with Gasteiger partial charge in [0.05, 0.1) is 5.38 Å². The first-order valence-corrected chi connectivity index (χ1v) is 8.01. The maximum absolute atomic E-state index is 6.32. The third kappa shape index (κ3) is 2.03. The summed E-state index contributed by atoms with van der Waals surface area (Å²) in [6.07, 6.45) is 1.78. The fraction of sp³-hybridized carbons (Fsp3) is 0.125. The molecule has 1 unspecified atom stereocenters. The molecule has 0 aliphatic carbocycles. The number of imidazole rings is 1. The van der Waals surface area contributed by atoms with Gasteiger partial charge in [0.25, 0.3) is 0 Å². The summed E-state index contributed by atoms with van der Waals surface area (Å²) in [6, 6.07) is 12.4. The number of benzene rings is 1. The first-order chi connectivity index (χ1) is 10.2. The fourth-order valence-electron chi connectivity index (χ4n) is 2.54. The van der Waals surface area contributed by atoms with Gasteiger partial charge in [-0.3, -0.25) is 4.57 Å². The van der Waals surface area contributed by atoms with Crippen LogP contribution in [0.15, 0.2) is 48.0 Å². The largest absolute Gasteiger partial charge is 0.279 e. The third-order valence-corrected chi connectivity index (χ3v) is 4.59. The molecule has 0 amide bonds. The average molecular weight is 314 g/mol. The molecular weight excluding hydrogens is 302 g/mol. The minimum atomic E-state index is -0.183. The van der Waals surface area contributed by atoms with Crippen LogP contribution >= 0.6 is 22.9 Å². The van der Waals surface area contributed by atoms with Gasteiger partial charge in [0, 0.05) is 16.6 Å². The van der Waals surface area contributed by atoms with Crippen molar-refractivity contribution in [1.82, 2.24) is 14.5 Å². The molecule has 3 heterocycles. The molecule has 0 saturated heterocycles. The maximum Gasteiger partial charge on any atom is 0.164 e. The second-order valence-electron chi connectivity index (χ2n) is 4.91. The van der Waals surface area contributed by atoms with Crippen molar-refractivity contribution in [1.29, 1.82) is 0 Å². The van der Waals surface area contributed by atoms with Gasteiger partial charge >= 0.3 is 0 Å². The molecule has 0 spiro atoms. The molecule has 0 saturated carbocycles. The molecule has 0 fully saturated rings. The minimum absolute atomic E-state index is 0.183. The molecule has 0 aliphatic rings. The Morgan fingerprint density at radius 1 is 1.24 bits per heavy atom. The summed E-state index contributed by atoms with van der Waals surface area (Å²) in [7, 11) is 0. The lowest BCUT2D eigenvalue weighted by Crippen LogP contribution is -2.02. The van der Waals surface area contributed by atoms with Gasteiger partial charge < -0.3 is 0 Å². The monoisotopic (exact) mass is 313 g/mol. The van der Waals surface area contributed by atoms with Gasteiger partial charge in [-0.2, -0.15) is 0 Å². The van der Waals surface area contributed by atoms with Crippen LogP contribution in [-0.4, -0.2) is 14.5 Å². The molecule has 1 aromatic carbocycles. The van der Waals surface area contributed by atoms with Crippen LogP contribution in [0.5, 0.6) is 0 Å². The van der Waals surface area contributed by atoms with E-state index in [0.29, 0.717) is 0 Å². The number of alkyl halides is 1. The number of rotatable bonds is 2. The van der Waals surface area contributed by atoms with E-state index in [0.717, 1.165) is 22.7 Å². The highest BCUT2D eigenvalue weighted by Crippen LogP contribution is 2.29. The number of aromatic nitrogens is 3. The molecule has 3 nitrogen and oxygen atoms in total. The van der Waals surface area contributed by atoms with Crippen molar-refractivity contribution in [3.63, 3.8) is 0 Å². The lowest BCUT2D eigenvalue weighted by Gasteiger charge is -2.10. The van der Waals surface area contributed by atoms with E-state index >= 15 is 0 Å². The van der Waals surface area contributed by atoms with Crippen molar-refractivity contribution in [2.75, 3.05) is 0 Å². The van der Waals surface area contributed by atoms with Gasteiger partial charge in [-0.05, 0) is 54.1 Å². The average Bonchev–Trinajstić information content (AvgIpc) is 3.10. The van der Waals surface area contributed by atoms with Crippen molar-refractivity contribution < 1.29 is 0 Å². The molecular formula is C16H12ClN3S. The first-order valence-electron chi connectivity index (χ1n) is 6.69. The van der Waals surface area contributed by atoms with Gasteiger partial charge in [0.2, 0.25) is 0 Å². The summed E-state index contributed by atoms with van der Waals surface area (Å²) in [4.78, 5) is 9.10. The van der Waals surface area contributed by atoms with E-state index in [-0.39, 0.29) is 5.38 Å². The van der Waals surface area contributed by atoms with Gasteiger partial charge in [-0.1, -0.05) is 0 Å². The van der Waals surface area contributed by atoms with E-state index in [9.17, 15) is 0 Å². The Balaban J connectivity index is 2.05. The van der Waals surface area contributed by atoms with E-state index in [2.05, 4.69) is 39.6 Å². The van der Waals surface area contributed by atoms with E-state index in [1.807, 2.05) is 23.6 Å². The molecule has 3 aromatic heterocycles. The summed E-state index contributed by atoms with van der Waals surface area (Å²) >= 11 is 8.06. The molecule has 4 rings (SSSR count). The number of nitrogens with zero attached hydrogens (tertiary/aromatic N) is 3. The van der Waals surface area contributed by atoms with Crippen LogP contribution in [0, 0.1) is 0 Å². The summed E-state index contributed by atoms with van der Waals surface area (Å²) in [5.74, 6) is 0.819. The highest BCUT2D eigenvalue weighted by Gasteiger charge is 2.17. The molecule has 0 N–H and O–H groups in total. The third-order valence-electron chi connectivity index (χ3n) is 3.49. The van der Waals surface area contributed by atoms with Crippen molar-refractivity contribution in [3.05, 3.63) is 53.8 Å². The summed E-state index contributed by atoms with van der Waals surface area (Å²) < 4.78 is 3.32. The van der Waals surface area contributed by atoms with Crippen LogP contribution in [0.1, 0.15) is 18.1 Å². The van der Waals surface area contributed by atoms with Crippen LogP contribution in [0.25, 0.3) is 26.9 Å². The number of fused-ring (bicyclic) bond motifs is 2. The molecule has 21 heavy (non-hydrogen) atoms. The highest BCUT2D eigenvalue weighted by molar-refractivity contribution is 7.17. The van der Waals surface area contributed by atoms with E-state index < -0.39 is 0 Å². The van der Waals surface area contributed by atoms with Gasteiger partial charge in [-0.25, -0.2) is 9.97 Å². The van der Waals surface area contributed by atoms with E-state index in [4.69, 9.17) is 11.6 Å². The highest BCUT2D eigenvalue weighted by atomic mass is 35.5. The molecule has 4 aromatic rings. The molecule has 0 aliphatic heterocycles. The van der Waals surface area contributed by atoms with Crippen LogP contribution in [0.3, 0.4) is 0 Å². The Morgan fingerprint density at radius 3 is 3.00 bits per heavy atom. The molecule has 0 radical (unpaired) electrons. The molecule has 104 valence electrons. The van der Waals surface area contributed by atoms with Crippen molar-refractivity contribution in [3.8, 4) is 5.69 Å². The normalized spacial score (nSPS) is 13.0. The van der Waals surface area contributed by atoms with Crippen molar-refractivity contribution in [2.24, 2.45) is 0 Å². The predicted molar refractivity (Wildman–Crippen MR) is 88.5 cm³/mol. The Morgan fingerprint density at radius 2 is 2.14 bits per heavy atom. The number of thiophene rings is 1. The second-order valence-corrected chi connectivity index (χ2v) is 6.51. The summed E-state index contributed by atoms with van der Waals surface area (Å²) in [5.41, 5.74) is 2.75. The lowest BCUT2D eigenvalue weighted by atomic mass is 10.2. The Hall–Kier alpha value is -1.91. The van der Waals surface area contributed by atoms with Crippen molar-refractivity contribution in [2.45, 2.75) is 12.3 Å². The minimum Gasteiger partial charge on any atom is -0.279 e. The SMILES string of the molecule is CC(Cl)c1nc2cccnc2n1-c1ccc2sccc2c1. The summed E-state index contributed by atoms with van der Waals surface area (Å²) in [6.45, 7) is 1.93. The van der Waals surface area contributed by atoms with E-state index in [1.165, 1.54) is 10.1 Å². The quantitative estimate of drug-likeness (QED) is 0.491. The van der Waals surface area contributed by atoms with Crippen molar-refractivity contribution >= 4 is 44.2 Å². The zero-order valence-electron chi connectivity index (χ0n) is 11.3. The number of halogens is 1. The van der Waals surface area contributed by atoms with Gasteiger partial charge in [0.15, 0.2) is 5.65 Å². The standard InChI is InChI=1S/C16H12ClN3S/c1-10(17)15-19-13-3-2-7-18-16(13)20(15)12-4-5-14-11(9-12)6-8-21-14/h2-10H,1H3. The Kier molecular flexibility index (Phi) is 2.94. The number of pyridine rings is 1. The topological polar surface area (TPSA) is 30.7 Å².